The third-order valence-corrected chi connectivity index (χ3v) is 3.54. The van der Waals surface area contributed by atoms with Gasteiger partial charge in [-0.2, -0.15) is 0 Å². The molecule has 3 nitrogen and oxygen atoms in total. The van der Waals surface area contributed by atoms with Crippen LogP contribution in [-0.4, -0.2) is 29.5 Å². The molecule has 0 amide bonds. The molecule has 1 aromatic heterocycles. The minimum absolute atomic E-state index is 0.470. The first-order chi connectivity index (χ1) is 8.59. The molecule has 1 fully saturated rings. The topological polar surface area (TPSA) is 28.2 Å². The van der Waals surface area contributed by atoms with Gasteiger partial charge in [-0.05, 0) is 36.9 Å². The Hall–Kier alpha value is -1.09. The number of hydrogen-bond acceptors (Lipinski definition) is 3. The molecule has 0 unspecified atom stereocenters. The summed E-state index contributed by atoms with van der Waals surface area (Å²) in [6, 6.07) is 4.23. The highest BCUT2D eigenvalue weighted by Gasteiger charge is 2.29. The van der Waals surface area contributed by atoms with Crippen LogP contribution < -0.4 is 5.32 Å². The summed E-state index contributed by atoms with van der Waals surface area (Å²) in [7, 11) is 0. The number of hydrogen-bond donors (Lipinski definition) is 1. The van der Waals surface area contributed by atoms with Gasteiger partial charge in [0.1, 0.15) is 0 Å². The molecule has 1 aliphatic rings. The third-order valence-electron chi connectivity index (χ3n) is 3.54. The van der Waals surface area contributed by atoms with E-state index in [1.54, 1.807) is 0 Å². The minimum Gasteiger partial charge on any atom is -0.385 e. The summed E-state index contributed by atoms with van der Waals surface area (Å²) in [5.74, 6) is 0. The average molecular weight is 247 g/mol. The molecule has 100 valence electrons. The molecule has 1 N–H and O–H groups in total. The van der Waals surface area contributed by atoms with Gasteiger partial charge in [-0.1, -0.05) is 20.8 Å². The molecule has 0 spiro atoms. The second-order valence-corrected chi connectivity index (χ2v) is 6.09. The van der Waals surface area contributed by atoms with Gasteiger partial charge in [0.15, 0.2) is 0 Å². The van der Waals surface area contributed by atoms with E-state index in [1.807, 2.05) is 12.3 Å². The van der Waals surface area contributed by atoms with E-state index in [9.17, 15) is 0 Å². The van der Waals surface area contributed by atoms with E-state index in [4.69, 9.17) is 0 Å². The number of anilines is 1. The van der Waals surface area contributed by atoms with Gasteiger partial charge >= 0.3 is 0 Å². The smallest absolute Gasteiger partial charge is 0.0564 e. The maximum atomic E-state index is 4.48. The number of nitrogens with zero attached hydrogens (tertiary/aromatic N) is 2. The fourth-order valence-corrected chi connectivity index (χ4v) is 2.53. The summed E-state index contributed by atoms with van der Waals surface area (Å²) in [6.45, 7) is 11.3. The lowest BCUT2D eigenvalue weighted by atomic mass is 9.93. The number of rotatable bonds is 5. The number of likely N-dealkylation sites (tertiary alicyclic amines) is 1. The monoisotopic (exact) mass is 247 g/mol. The van der Waals surface area contributed by atoms with Crippen molar-refractivity contribution in [2.24, 2.45) is 5.41 Å². The maximum Gasteiger partial charge on any atom is 0.0564 e. The Bertz CT molecular complexity index is 387. The molecule has 0 saturated carbocycles. The van der Waals surface area contributed by atoms with E-state index in [2.05, 4.69) is 42.0 Å². The Labute approximate surface area is 111 Å². The van der Waals surface area contributed by atoms with Gasteiger partial charge in [-0.15, -0.1) is 0 Å². The van der Waals surface area contributed by atoms with Crippen molar-refractivity contribution in [3.63, 3.8) is 0 Å². The average Bonchev–Trinajstić information content (AvgIpc) is 2.66. The van der Waals surface area contributed by atoms with Crippen LogP contribution in [0.15, 0.2) is 18.3 Å². The normalized spacial score (nSPS) is 19.1. The lowest BCUT2D eigenvalue weighted by Crippen LogP contribution is -2.23. The highest BCUT2D eigenvalue weighted by atomic mass is 15.2. The van der Waals surface area contributed by atoms with Crippen LogP contribution in [0.25, 0.3) is 0 Å². The Balaban J connectivity index is 1.93. The molecule has 1 saturated heterocycles. The Morgan fingerprint density at radius 2 is 2.28 bits per heavy atom. The van der Waals surface area contributed by atoms with Gasteiger partial charge < -0.3 is 5.32 Å². The van der Waals surface area contributed by atoms with Crippen LogP contribution >= 0.6 is 0 Å². The highest BCUT2D eigenvalue weighted by molar-refractivity contribution is 5.43. The standard InChI is InChI=1S/C15H25N3/c1-4-7-16-13-5-8-17-14(10-13)11-18-9-6-15(2,3)12-18/h5,8,10H,4,6-7,9,11-12H2,1-3H3,(H,16,17). The van der Waals surface area contributed by atoms with E-state index in [0.29, 0.717) is 5.41 Å². The summed E-state index contributed by atoms with van der Waals surface area (Å²) in [4.78, 5) is 6.98. The molecular formula is C15H25N3. The molecule has 2 heterocycles. The number of pyridine rings is 1. The molecule has 0 bridgehead atoms. The zero-order chi connectivity index (χ0) is 13.0. The summed E-state index contributed by atoms with van der Waals surface area (Å²) < 4.78 is 0. The molecule has 1 aromatic rings. The first-order valence-electron chi connectivity index (χ1n) is 7.00. The van der Waals surface area contributed by atoms with Crippen LogP contribution in [0.4, 0.5) is 5.69 Å². The van der Waals surface area contributed by atoms with E-state index in [0.717, 1.165) is 19.5 Å². The van der Waals surface area contributed by atoms with Crippen LogP contribution in [0.5, 0.6) is 0 Å². The molecule has 18 heavy (non-hydrogen) atoms. The zero-order valence-corrected chi connectivity index (χ0v) is 11.9. The third kappa shape index (κ3) is 3.70. The summed E-state index contributed by atoms with van der Waals surface area (Å²) in [6.07, 6.45) is 4.35. The van der Waals surface area contributed by atoms with Crippen molar-refractivity contribution < 1.29 is 0 Å². The van der Waals surface area contributed by atoms with E-state index >= 15 is 0 Å². The molecular weight excluding hydrogens is 222 g/mol. The first kappa shape index (κ1) is 13.3. The number of aromatic nitrogens is 1. The fourth-order valence-electron chi connectivity index (χ4n) is 2.53. The second kappa shape index (κ2) is 5.70. The predicted molar refractivity (Wildman–Crippen MR) is 76.7 cm³/mol. The first-order valence-corrected chi connectivity index (χ1v) is 7.00. The Morgan fingerprint density at radius 1 is 1.44 bits per heavy atom. The van der Waals surface area contributed by atoms with Gasteiger partial charge in [0.2, 0.25) is 0 Å². The van der Waals surface area contributed by atoms with Crippen molar-refractivity contribution >= 4 is 5.69 Å². The van der Waals surface area contributed by atoms with Crippen molar-refractivity contribution in [1.82, 2.24) is 9.88 Å². The van der Waals surface area contributed by atoms with Gasteiger partial charge in [0, 0.05) is 31.5 Å². The summed E-state index contributed by atoms with van der Waals surface area (Å²) in [5.41, 5.74) is 2.84. The molecule has 0 aromatic carbocycles. The van der Waals surface area contributed by atoms with Crippen LogP contribution in [0.1, 0.15) is 39.3 Å². The van der Waals surface area contributed by atoms with Gasteiger partial charge in [-0.25, -0.2) is 0 Å². The fraction of sp³-hybridized carbons (Fsp3) is 0.667. The maximum absolute atomic E-state index is 4.48. The lowest BCUT2D eigenvalue weighted by molar-refractivity contribution is 0.282. The Kier molecular flexibility index (Phi) is 4.23. The van der Waals surface area contributed by atoms with Crippen molar-refractivity contribution in [2.75, 3.05) is 25.0 Å². The van der Waals surface area contributed by atoms with Gasteiger partial charge in [-0.3, -0.25) is 9.88 Å². The van der Waals surface area contributed by atoms with E-state index in [1.165, 1.54) is 30.9 Å². The Morgan fingerprint density at radius 3 is 2.94 bits per heavy atom. The molecule has 0 atom stereocenters. The van der Waals surface area contributed by atoms with Crippen molar-refractivity contribution in [3.05, 3.63) is 24.0 Å². The predicted octanol–water partition coefficient (Wildman–Crippen LogP) is 3.14. The quantitative estimate of drug-likeness (QED) is 0.866. The van der Waals surface area contributed by atoms with Crippen molar-refractivity contribution in [1.29, 1.82) is 0 Å². The summed E-state index contributed by atoms with van der Waals surface area (Å²) in [5, 5.41) is 3.42. The van der Waals surface area contributed by atoms with Crippen LogP contribution in [0.2, 0.25) is 0 Å². The molecule has 1 aliphatic heterocycles. The van der Waals surface area contributed by atoms with Crippen LogP contribution in [-0.2, 0) is 6.54 Å². The largest absolute Gasteiger partial charge is 0.385 e. The van der Waals surface area contributed by atoms with Gasteiger partial charge in [0.25, 0.3) is 0 Å². The summed E-state index contributed by atoms with van der Waals surface area (Å²) >= 11 is 0. The minimum atomic E-state index is 0.470. The second-order valence-electron chi connectivity index (χ2n) is 6.09. The van der Waals surface area contributed by atoms with Crippen molar-refractivity contribution in [2.45, 2.75) is 40.2 Å². The van der Waals surface area contributed by atoms with E-state index < -0.39 is 0 Å². The molecule has 0 radical (unpaired) electrons. The number of nitrogens with one attached hydrogen (secondary N) is 1. The molecule has 2 rings (SSSR count). The van der Waals surface area contributed by atoms with E-state index in [-0.39, 0.29) is 0 Å². The SMILES string of the molecule is CCCNc1ccnc(CN2CCC(C)(C)C2)c1. The zero-order valence-electron chi connectivity index (χ0n) is 11.9. The lowest BCUT2D eigenvalue weighted by Gasteiger charge is -2.19. The van der Waals surface area contributed by atoms with Crippen molar-refractivity contribution in [3.8, 4) is 0 Å². The molecule has 3 heteroatoms. The molecule has 0 aliphatic carbocycles. The van der Waals surface area contributed by atoms with Crippen LogP contribution in [0.3, 0.4) is 0 Å². The van der Waals surface area contributed by atoms with Gasteiger partial charge in [0.05, 0.1) is 5.69 Å². The highest BCUT2D eigenvalue weighted by Crippen LogP contribution is 2.29. The van der Waals surface area contributed by atoms with Crippen LogP contribution in [0, 0.1) is 5.41 Å².